The van der Waals surface area contributed by atoms with Crippen LogP contribution in [0, 0.1) is 6.92 Å². The maximum absolute atomic E-state index is 13.0. The number of nitrogens with one attached hydrogen (secondary N) is 2. The van der Waals surface area contributed by atoms with Crippen LogP contribution >= 0.6 is 0 Å². The fourth-order valence-corrected chi connectivity index (χ4v) is 2.57. The molecule has 10 heteroatoms. The summed E-state index contributed by atoms with van der Waals surface area (Å²) in [5.41, 5.74) is 5.14. The van der Waals surface area contributed by atoms with E-state index in [1.807, 2.05) is 12.1 Å². The molecule has 0 bridgehead atoms. The number of alkyl halides is 3. The van der Waals surface area contributed by atoms with Gasteiger partial charge in [0.2, 0.25) is 5.96 Å². The lowest BCUT2D eigenvalue weighted by Gasteiger charge is -2.30. The van der Waals surface area contributed by atoms with Crippen LogP contribution in [0.1, 0.15) is 18.2 Å². The van der Waals surface area contributed by atoms with Crippen LogP contribution < -0.4 is 16.4 Å². The van der Waals surface area contributed by atoms with Crippen LogP contribution in [0.2, 0.25) is 0 Å². The standard InChI is InChI=1S/C16H18F3N7/c1-10-12(9-26(25-10)8-11-4-3-5-21-6-11)23-14-22-7-13(16(17,18)19)15(2,20)24-14/h3-7,9H,8,20H2,1-2H3,(H2,22,23,24). The summed E-state index contributed by atoms with van der Waals surface area (Å²) in [5, 5.41) is 9.81. The summed E-state index contributed by atoms with van der Waals surface area (Å²) in [6, 6.07) is 3.76. The largest absolute Gasteiger partial charge is 0.417 e. The predicted octanol–water partition coefficient (Wildman–Crippen LogP) is 2.13. The Balaban J connectivity index is 1.75. The Labute approximate surface area is 147 Å². The van der Waals surface area contributed by atoms with Crippen LogP contribution in [0.3, 0.4) is 0 Å². The summed E-state index contributed by atoms with van der Waals surface area (Å²) in [6.07, 6.45) is 1.43. The van der Waals surface area contributed by atoms with E-state index >= 15 is 0 Å². The van der Waals surface area contributed by atoms with Crippen molar-refractivity contribution in [2.75, 3.05) is 5.32 Å². The zero-order chi connectivity index (χ0) is 18.9. The molecule has 3 rings (SSSR count). The molecule has 7 nitrogen and oxygen atoms in total. The van der Waals surface area contributed by atoms with E-state index in [0.717, 1.165) is 11.8 Å². The van der Waals surface area contributed by atoms with Crippen molar-refractivity contribution in [2.24, 2.45) is 10.7 Å². The number of hydrogen-bond donors (Lipinski definition) is 3. The third-order valence-electron chi connectivity index (χ3n) is 3.81. The molecule has 2 aromatic heterocycles. The van der Waals surface area contributed by atoms with Gasteiger partial charge in [0, 0.05) is 24.8 Å². The number of aliphatic imine (C=N–C) groups is 1. The van der Waals surface area contributed by atoms with Crippen LogP contribution in [0.4, 0.5) is 18.9 Å². The number of aromatic nitrogens is 3. The van der Waals surface area contributed by atoms with E-state index in [4.69, 9.17) is 5.73 Å². The lowest BCUT2D eigenvalue weighted by molar-refractivity contribution is -0.100. The number of anilines is 1. The van der Waals surface area contributed by atoms with E-state index in [-0.39, 0.29) is 5.96 Å². The third kappa shape index (κ3) is 3.85. The zero-order valence-corrected chi connectivity index (χ0v) is 14.2. The van der Waals surface area contributed by atoms with Crippen molar-refractivity contribution in [3.63, 3.8) is 0 Å². The molecule has 0 spiro atoms. The molecule has 138 valence electrons. The number of pyridine rings is 1. The summed E-state index contributed by atoms with van der Waals surface area (Å²) in [6.45, 7) is 3.50. The number of aryl methyl sites for hydroxylation is 1. The van der Waals surface area contributed by atoms with Crippen LogP contribution in [0.5, 0.6) is 0 Å². The van der Waals surface area contributed by atoms with E-state index in [0.29, 0.717) is 17.9 Å². The van der Waals surface area contributed by atoms with Gasteiger partial charge < -0.3 is 16.4 Å². The van der Waals surface area contributed by atoms with E-state index in [2.05, 4.69) is 25.7 Å². The number of hydrogen-bond acceptors (Lipinski definition) is 6. The van der Waals surface area contributed by atoms with Gasteiger partial charge in [-0.25, -0.2) is 4.99 Å². The average molecular weight is 365 g/mol. The second kappa shape index (κ2) is 6.45. The summed E-state index contributed by atoms with van der Waals surface area (Å²) in [4.78, 5) is 7.98. The molecule has 0 aromatic carbocycles. The second-order valence-electron chi connectivity index (χ2n) is 6.12. The third-order valence-corrected chi connectivity index (χ3v) is 3.81. The normalized spacial score (nSPS) is 20.2. The van der Waals surface area contributed by atoms with Crippen molar-refractivity contribution in [2.45, 2.75) is 32.2 Å². The highest BCUT2D eigenvalue weighted by Gasteiger charge is 2.45. The predicted molar refractivity (Wildman–Crippen MR) is 91.2 cm³/mol. The van der Waals surface area contributed by atoms with Gasteiger partial charge >= 0.3 is 6.18 Å². The quantitative estimate of drug-likeness (QED) is 0.775. The molecule has 2 aromatic rings. The van der Waals surface area contributed by atoms with E-state index < -0.39 is 17.4 Å². The Bertz CT molecular complexity index is 850. The van der Waals surface area contributed by atoms with Crippen LogP contribution in [-0.2, 0) is 6.54 Å². The van der Waals surface area contributed by atoms with Crippen molar-refractivity contribution >= 4 is 11.6 Å². The first-order chi connectivity index (χ1) is 12.1. The van der Waals surface area contributed by atoms with Crippen molar-refractivity contribution in [1.29, 1.82) is 0 Å². The zero-order valence-electron chi connectivity index (χ0n) is 14.2. The summed E-state index contributed by atoms with van der Waals surface area (Å²) >= 11 is 0. The highest BCUT2D eigenvalue weighted by molar-refractivity contribution is 5.95. The van der Waals surface area contributed by atoms with E-state index in [1.165, 1.54) is 6.92 Å². The lowest BCUT2D eigenvalue weighted by Crippen LogP contribution is -2.49. The summed E-state index contributed by atoms with van der Waals surface area (Å²) < 4.78 is 40.6. The average Bonchev–Trinajstić information content (AvgIpc) is 2.85. The van der Waals surface area contributed by atoms with Crippen molar-refractivity contribution in [1.82, 2.24) is 20.1 Å². The van der Waals surface area contributed by atoms with Gasteiger partial charge in [-0.05, 0) is 25.5 Å². The molecule has 1 atom stereocenters. The molecule has 1 aliphatic rings. The maximum atomic E-state index is 13.0. The summed E-state index contributed by atoms with van der Waals surface area (Å²) in [7, 11) is 0. The second-order valence-corrected chi connectivity index (χ2v) is 6.12. The van der Waals surface area contributed by atoms with Crippen LogP contribution in [0.15, 0.2) is 47.5 Å². The lowest BCUT2D eigenvalue weighted by atomic mass is 10.0. The Kier molecular flexibility index (Phi) is 4.45. The minimum atomic E-state index is -4.56. The number of nitrogens with two attached hydrogens (primary N) is 1. The van der Waals surface area contributed by atoms with Gasteiger partial charge in [-0.3, -0.25) is 9.67 Å². The summed E-state index contributed by atoms with van der Waals surface area (Å²) in [5.74, 6) is 0.118. The van der Waals surface area contributed by atoms with Crippen molar-refractivity contribution in [3.8, 4) is 0 Å². The number of rotatable bonds is 3. The Morgan fingerprint density at radius 1 is 1.38 bits per heavy atom. The van der Waals surface area contributed by atoms with E-state index in [9.17, 15) is 13.2 Å². The number of halogens is 3. The fraction of sp³-hybridized carbons (Fsp3) is 0.312. The molecule has 0 saturated carbocycles. The molecule has 1 unspecified atom stereocenters. The Morgan fingerprint density at radius 2 is 2.15 bits per heavy atom. The molecule has 0 fully saturated rings. The molecular weight excluding hydrogens is 347 g/mol. The highest BCUT2D eigenvalue weighted by Crippen LogP contribution is 2.34. The van der Waals surface area contributed by atoms with Crippen molar-refractivity contribution < 1.29 is 13.2 Å². The van der Waals surface area contributed by atoms with Gasteiger partial charge in [0.1, 0.15) is 5.66 Å². The topological polar surface area (TPSA) is 93.2 Å². The van der Waals surface area contributed by atoms with Crippen LogP contribution in [-0.4, -0.2) is 32.6 Å². The maximum Gasteiger partial charge on any atom is 0.417 e. The number of guanidine groups is 1. The highest BCUT2D eigenvalue weighted by atomic mass is 19.4. The SMILES string of the molecule is Cc1nn(Cc2cccnc2)cc1NC1=NC(C)(N)C(C(F)(F)F)=CN1. The first-order valence-corrected chi connectivity index (χ1v) is 7.78. The molecule has 4 N–H and O–H groups in total. The first kappa shape index (κ1) is 17.9. The molecule has 1 aliphatic heterocycles. The van der Waals surface area contributed by atoms with Gasteiger partial charge in [0.25, 0.3) is 0 Å². The molecule has 0 amide bonds. The van der Waals surface area contributed by atoms with Gasteiger partial charge in [-0.15, -0.1) is 0 Å². The van der Waals surface area contributed by atoms with Crippen LogP contribution in [0.25, 0.3) is 0 Å². The smallest absolute Gasteiger partial charge is 0.332 e. The Morgan fingerprint density at radius 3 is 2.77 bits per heavy atom. The molecular formula is C16H18F3N7. The van der Waals surface area contributed by atoms with Crippen molar-refractivity contribution in [3.05, 3.63) is 53.8 Å². The minimum Gasteiger partial charge on any atom is -0.332 e. The van der Waals surface area contributed by atoms with E-state index in [1.54, 1.807) is 30.2 Å². The molecule has 0 aliphatic carbocycles. The Hall–Kier alpha value is -2.88. The first-order valence-electron chi connectivity index (χ1n) is 7.78. The minimum absolute atomic E-state index is 0.118. The molecule has 26 heavy (non-hydrogen) atoms. The van der Waals surface area contributed by atoms with Gasteiger partial charge in [-0.1, -0.05) is 6.07 Å². The molecule has 0 radical (unpaired) electrons. The fourth-order valence-electron chi connectivity index (χ4n) is 2.57. The monoisotopic (exact) mass is 365 g/mol. The molecule has 3 heterocycles. The van der Waals surface area contributed by atoms with Gasteiger partial charge in [0.15, 0.2) is 0 Å². The van der Waals surface area contributed by atoms with Gasteiger partial charge in [-0.2, -0.15) is 18.3 Å². The van der Waals surface area contributed by atoms with Gasteiger partial charge in [0.05, 0.1) is 23.5 Å². The molecule has 0 saturated heterocycles. The number of nitrogens with zero attached hydrogens (tertiary/aromatic N) is 4.